The van der Waals surface area contributed by atoms with Crippen molar-refractivity contribution in [3.05, 3.63) is 30.9 Å². The van der Waals surface area contributed by atoms with Crippen molar-refractivity contribution in [3.63, 3.8) is 0 Å². The highest BCUT2D eigenvalue weighted by molar-refractivity contribution is 14.1. The largest absolute Gasteiger partial charge is 0.460 e. The van der Waals surface area contributed by atoms with Crippen LogP contribution in [0.2, 0.25) is 0 Å². The van der Waals surface area contributed by atoms with Crippen LogP contribution in [-0.2, 0) is 25.6 Å². The second-order valence-electron chi connectivity index (χ2n) is 3.94. The van der Waals surface area contributed by atoms with Crippen LogP contribution in [-0.4, -0.2) is 26.0 Å². The number of carbonyl (C=O) groups excluding carboxylic acids is 1. The first-order chi connectivity index (χ1) is 8.65. The molecule has 0 radical (unpaired) electrons. The number of ether oxygens (including phenoxy) is 3. The summed E-state index contributed by atoms with van der Waals surface area (Å²) in [5.41, 5.74) is 0.997. The van der Waals surface area contributed by atoms with E-state index in [1.807, 2.05) is 12.1 Å². The molecule has 2 rings (SSSR count). The van der Waals surface area contributed by atoms with Crippen LogP contribution >= 0.6 is 45.2 Å². The lowest BCUT2D eigenvalue weighted by molar-refractivity contribution is -0.172. The zero-order chi connectivity index (χ0) is 13.0. The fourth-order valence-electron chi connectivity index (χ4n) is 1.59. The molecule has 6 heteroatoms. The van der Waals surface area contributed by atoms with Crippen LogP contribution in [0.25, 0.3) is 0 Å². The van der Waals surface area contributed by atoms with Crippen LogP contribution in [0.15, 0.2) is 18.2 Å². The Morgan fingerprint density at radius 1 is 1.22 bits per heavy atom. The van der Waals surface area contributed by atoms with Gasteiger partial charge in [-0.1, -0.05) is 0 Å². The maximum absolute atomic E-state index is 11.8. The highest BCUT2D eigenvalue weighted by Crippen LogP contribution is 2.16. The molecule has 0 spiro atoms. The minimum absolute atomic E-state index is 0.261. The molecule has 0 unspecified atom stereocenters. The first kappa shape index (κ1) is 14.5. The average molecular weight is 474 g/mol. The summed E-state index contributed by atoms with van der Waals surface area (Å²) < 4.78 is 17.7. The van der Waals surface area contributed by atoms with Crippen LogP contribution in [0, 0.1) is 13.1 Å². The van der Waals surface area contributed by atoms with Crippen LogP contribution in [0.5, 0.6) is 0 Å². The van der Waals surface area contributed by atoms with Crippen molar-refractivity contribution in [1.29, 1.82) is 0 Å². The number of benzene rings is 1. The van der Waals surface area contributed by atoms with E-state index in [0.717, 1.165) is 12.7 Å². The minimum atomic E-state index is -0.305. The van der Waals surface area contributed by atoms with E-state index in [1.54, 1.807) is 0 Å². The summed E-state index contributed by atoms with van der Waals surface area (Å²) in [5, 5.41) is 0. The molecule has 1 aromatic carbocycles. The Labute approximate surface area is 133 Å². The van der Waals surface area contributed by atoms with Gasteiger partial charge in [0.15, 0.2) is 0 Å². The third-order valence-electron chi connectivity index (χ3n) is 2.44. The van der Waals surface area contributed by atoms with Gasteiger partial charge in [0.05, 0.1) is 13.2 Å². The monoisotopic (exact) mass is 474 g/mol. The van der Waals surface area contributed by atoms with Crippen molar-refractivity contribution < 1.29 is 19.0 Å². The van der Waals surface area contributed by atoms with Crippen LogP contribution < -0.4 is 0 Å². The van der Waals surface area contributed by atoms with Crippen molar-refractivity contribution in [1.82, 2.24) is 0 Å². The summed E-state index contributed by atoms with van der Waals surface area (Å²) in [6, 6.07) is 6.07. The van der Waals surface area contributed by atoms with Gasteiger partial charge in [0.25, 0.3) is 0 Å². The molecule has 0 aromatic heterocycles. The van der Waals surface area contributed by atoms with Gasteiger partial charge < -0.3 is 14.2 Å². The molecule has 0 atom stereocenters. The number of hydrogen-bond acceptors (Lipinski definition) is 4. The molecule has 1 aliphatic heterocycles. The van der Waals surface area contributed by atoms with Gasteiger partial charge in [-0.05, 0) is 68.9 Å². The Morgan fingerprint density at radius 3 is 2.44 bits per heavy atom. The molecule has 0 bridgehead atoms. The summed E-state index contributed by atoms with van der Waals surface area (Å²) >= 11 is 4.49. The van der Waals surface area contributed by atoms with E-state index < -0.39 is 0 Å². The highest BCUT2D eigenvalue weighted by atomic mass is 127. The average Bonchev–Trinajstić information content (AvgIpc) is 2.36. The summed E-state index contributed by atoms with van der Waals surface area (Å²) in [7, 11) is 0. The van der Waals surface area contributed by atoms with Gasteiger partial charge in [0, 0.05) is 7.14 Å². The van der Waals surface area contributed by atoms with E-state index in [1.165, 1.54) is 0 Å². The van der Waals surface area contributed by atoms with Crippen molar-refractivity contribution in [2.24, 2.45) is 5.92 Å². The SMILES string of the molecule is O=C(OCc1cc(I)cc(I)c1)C1COCOC1. The van der Waals surface area contributed by atoms with E-state index in [2.05, 4.69) is 51.2 Å². The molecular weight excluding hydrogens is 462 g/mol. The molecule has 1 heterocycles. The zero-order valence-corrected chi connectivity index (χ0v) is 13.8. The molecule has 0 amide bonds. The first-order valence-electron chi connectivity index (χ1n) is 5.42. The second-order valence-corrected chi connectivity index (χ2v) is 6.43. The van der Waals surface area contributed by atoms with Crippen molar-refractivity contribution >= 4 is 51.2 Å². The maximum Gasteiger partial charge on any atom is 0.313 e. The van der Waals surface area contributed by atoms with Crippen LogP contribution in [0.3, 0.4) is 0 Å². The van der Waals surface area contributed by atoms with E-state index in [0.29, 0.717) is 19.8 Å². The molecule has 4 nitrogen and oxygen atoms in total. The Morgan fingerprint density at radius 2 is 1.83 bits per heavy atom. The molecule has 18 heavy (non-hydrogen) atoms. The molecule has 98 valence electrons. The highest BCUT2D eigenvalue weighted by Gasteiger charge is 2.23. The van der Waals surface area contributed by atoms with Gasteiger partial charge >= 0.3 is 5.97 Å². The van der Waals surface area contributed by atoms with Gasteiger partial charge in [-0.25, -0.2) is 0 Å². The fourth-order valence-corrected chi connectivity index (χ4v) is 3.66. The Kier molecular flexibility index (Phi) is 5.64. The predicted octanol–water partition coefficient (Wildman–Crippen LogP) is 2.56. The lowest BCUT2D eigenvalue weighted by Crippen LogP contribution is -2.32. The van der Waals surface area contributed by atoms with Gasteiger partial charge in [0.2, 0.25) is 0 Å². The molecule has 1 fully saturated rings. The van der Waals surface area contributed by atoms with Gasteiger partial charge in [-0.3, -0.25) is 4.79 Å². The lowest BCUT2D eigenvalue weighted by Gasteiger charge is -2.20. The number of carbonyl (C=O) groups is 1. The molecule has 0 N–H and O–H groups in total. The molecular formula is C12H12I2O4. The number of halogens is 2. The van der Waals surface area contributed by atoms with Crippen LogP contribution in [0.1, 0.15) is 5.56 Å². The standard InChI is InChI=1S/C12H12I2O4/c13-10-1-8(2-11(14)3-10)4-18-12(15)9-5-16-7-17-6-9/h1-3,9H,4-7H2. The first-order valence-corrected chi connectivity index (χ1v) is 7.58. The van der Waals surface area contributed by atoms with Crippen molar-refractivity contribution in [2.75, 3.05) is 20.0 Å². The van der Waals surface area contributed by atoms with E-state index in [4.69, 9.17) is 14.2 Å². The van der Waals surface area contributed by atoms with Crippen molar-refractivity contribution in [2.45, 2.75) is 6.61 Å². The number of hydrogen-bond donors (Lipinski definition) is 0. The Hall–Kier alpha value is 0.0700. The molecule has 0 aliphatic carbocycles. The maximum atomic E-state index is 11.8. The van der Waals surface area contributed by atoms with Gasteiger partial charge in [-0.2, -0.15) is 0 Å². The lowest BCUT2D eigenvalue weighted by atomic mass is 10.2. The van der Waals surface area contributed by atoms with E-state index in [-0.39, 0.29) is 18.7 Å². The third-order valence-corrected chi connectivity index (χ3v) is 3.69. The fraction of sp³-hybridized carbons (Fsp3) is 0.417. The summed E-state index contributed by atoms with van der Waals surface area (Å²) in [6.07, 6.45) is 0. The van der Waals surface area contributed by atoms with Crippen molar-refractivity contribution in [3.8, 4) is 0 Å². The summed E-state index contributed by atoms with van der Waals surface area (Å²) in [5.74, 6) is -0.566. The Bertz CT molecular complexity index is 410. The van der Waals surface area contributed by atoms with Gasteiger partial charge in [-0.15, -0.1) is 0 Å². The van der Waals surface area contributed by atoms with Crippen LogP contribution in [0.4, 0.5) is 0 Å². The topological polar surface area (TPSA) is 44.8 Å². The zero-order valence-electron chi connectivity index (χ0n) is 9.53. The molecule has 1 saturated heterocycles. The number of rotatable bonds is 3. The quantitative estimate of drug-likeness (QED) is 0.500. The molecule has 1 aliphatic rings. The summed E-state index contributed by atoms with van der Waals surface area (Å²) in [6.45, 7) is 1.31. The third kappa shape index (κ3) is 4.32. The van der Waals surface area contributed by atoms with E-state index >= 15 is 0 Å². The smallest absolute Gasteiger partial charge is 0.313 e. The predicted molar refractivity (Wildman–Crippen MR) is 81.9 cm³/mol. The number of esters is 1. The summed E-state index contributed by atoms with van der Waals surface area (Å²) in [4.78, 5) is 11.8. The van der Waals surface area contributed by atoms with Gasteiger partial charge in [0.1, 0.15) is 19.3 Å². The second kappa shape index (κ2) is 7.01. The van der Waals surface area contributed by atoms with E-state index in [9.17, 15) is 4.79 Å². The minimum Gasteiger partial charge on any atom is -0.460 e. The molecule has 1 aromatic rings. The Balaban J connectivity index is 1.88. The molecule has 0 saturated carbocycles. The normalized spacial score (nSPS) is 16.6.